The summed E-state index contributed by atoms with van der Waals surface area (Å²) in [5.41, 5.74) is 5.71. The van der Waals surface area contributed by atoms with Gasteiger partial charge in [-0.25, -0.2) is 4.39 Å². The van der Waals surface area contributed by atoms with Crippen LogP contribution in [-0.4, -0.2) is 35.7 Å². The number of hydrogen-bond donors (Lipinski definition) is 1. The molecule has 3 nitrogen and oxygen atoms in total. The highest BCUT2D eigenvalue weighted by molar-refractivity contribution is 7.99. The van der Waals surface area contributed by atoms with Gasteiger partial charge >= 0.3 is 0 Å². The number of rotatable bonds is 5. The minimum Gasteiger partial charge on any atom is -0.339 e. The topological polar surface area (TPSA) is 46.3 Å². The summed E-state index contributed by atoms with van der Waals surface area (Å²) >= 11 is 1.59. The van der Waals surface area contributed by atoms with Gasteiger partial charge in [-0.3, -0.25) is 4.79 Å². The number of nitrogens with two attached hydrogens (primary N) is 1. The highest BCUT2D eigenvalue weighted by Gasteiger charge is 2.33. The number of amides is 1. The molecule has 0 saturated carbocycles. The Morgan fingerprint density at radius 3 is 2.71 bits per heavy atom. The van der Waals surface area contributed by atoms with Crippen LogP contribution in [0.2, 0.25) is 0 Å². The summed E-state index contributed by atoms with van der Waals surface area (Å²) < 4.78 is 12.9. The van der Waals surface area contributed by atoms with Gasteiger partial charge in [-0.2, -0.15) is 0 Å². The van der Waals surface area contributed by atoms with Crippen LogP contribution < -0.4 is 5.73 Å². The van der Waals surface area contributed by atoms with Crippen LogP contribution in [0.25, 0.3) is 0 Å². The van der Waals surface area contributed by atoms with Crippen molar-refractivity contribution in [2.75, 3.05) is 18.8 Å². The van der Waals surface area contributed by atoms with Crippen molar-refractivity contribution in [3.8, 4) is 0 Å². The van der Waals surface area contributed by atoms with Crippen molar-refractivity contribution in [1.82, 2.24) is 4.90 Å². The van der Waals surface area contributed by atoms with Crippen molar-refractivity contribution in [2.24, 2.45) is 17.6 Å². The lowest BCUT2D eigenvalue weighted by molar-refractivity contribution is -0.134. The van der Waals surface area contributed by atoms with E-state index in [1.54, 1.807) is 23.9 Å². The molecular weight excluding hydrogens is 287 g/mol. The Morgan fingerprint density at radius 2 is 2.14 bits per heavy atom. The number of hydrogen-bond acceptors (Lipinski definition) is 3. The van der Waals surface area contributed by atoms with Crippen LogP contribution in [0.1, 0.15) is 20.3 Å². The second-order valence-corrected chi connectivity index (χ2v) is 6.94. The normalized spacial score (nSPS) is 23.3. The smallest absolute Gasteiger partial charge is 0.226 e. The maximum atomic E-state index is 12.9. The zero-order valence-corrected chi connectivity index (χ0v) is 13.4. The molecule has 1 aromatic rings. The number of likely N-dealkylation sites (tertiary alicyclic amines) is 1. The average molecular weight is 310 g/mol. The van der Waals surface area contributed by atoms with E-state index in [-0.39, 0.29) is 23.7 Å². The van der Waals surface area contributed by atoms with Gasteiger partial charge in [0.25, 0.3) is 0 Å². The maximum Gasteiger partial charge on any atom is 0.226 e. The molecule has 21 heavy (non-hydrogen) atoms. The van der Waals surface area contributed by atoms with Gasteiger partial charge in [-0.05, 0) is 50.1 Å². The highest BCUT2D eigenvalue weighted by Crippen LogP contribution is 2.26. The van der Waals surface area contributed by atoms with Crippen LogP contribution in [0, 0.1) is 17.7 Å². The molecule has 1 saturated heterocycles. The summed E-state index contributed by atoms with van der Waals surface area (Å²) in [4.78, 5) is 15.5. The second kappa shape index (κ2) is 7.27. The molecule has 0 radical (unpaired) electrons. The van der Waals surface area contributed by atoms with E-state index in [1.807, 2.05) is 11.8 Å². The summed E-state index contributed by atoms with van der Waals surface area (Å²) in [5.74, 6) is 1.07. The summed E-state index contributed by atoms with van der Waals surface area (Å²) in [5, 5.41) is 0. The summed E-state index contributed by atoms with van der Waals surface area (Å²) in [6, 6.07) is 6.68. The Kier molecular flexibility index (Phi) is 5.65. The van der Waals surface area contributed by atoms with Crippen molar-refractivity contribution in [3.05, 3.63) is 30.1 Å². The summed E-state index contributed by atoms with van der Waals surface area (Å²) in [7, 11) is 0. The summed E-state index contributed by atoms with van der Waals surface area (Å²) in [6.45, 7) is 5.48. The first-order valence-corrected chi connectivity index (χ1v) is 8.38. The molecule has 0 aliphatic carbocycles. The Labute approximate surface area is 130 Å². The fraction of sp³-hybridized carbons (Fsp3) is 0.562. The van der Waals surface area contributed by atoms with Crippen molar-refractivity contribution >= 4 is 17.7 Å². The molecule has 1 aromatic carbocycles. The van der Waals surface area contributed by atoms with Gasteiger partial charge in [0.2, 0.25) is 5.91 Å². The van der Waals surface area contributed by atoms with E-state index in [0.29, 0.717) is 18.2 Å². The first kappa shape index (κ1) is 16.3. The molecule has 1 amide bonds. The molecule has 3 unspecified atom stereocenters. The van der Waals surface area contributed by atoms with Crippen LogP contribution in [-0.2, 0) is 4.79 Å². The van der Waals surface area contributed by atoms with Crippen LogP contribution >= 0.6 is 11.8 Å². The second-order valence-electron chi connectivity index (χ2n) is 5.84. The van der Waals surface area contributed by atoms with Gasteiger partial charge in [0.1, 0.15) is 5.82 Å². The third-order valence-electron chi connectivity index (χ3n) is 4.01. The molecule has 0 bridgehead atoms. The molecule has 1 fully saturated rings. The van der Waals surface area contributed by atoms with Gasteiger partial charge in [0, 0.05) is 29.2 Å². The van der Waals surface area contributed by atoms with Crippen LogP contribution in [0.5, 0.6) is 0 Å². The molecule has 1 heterocycles. The Balaban J connectivity index is 1.86. The molecule has 2 N–H and O–H groups in total. The molecule has 116 valence electrons. The average Bonchev–Trinajstić information content (AvgIpc) is 2.86. The van der Waals surface area contributed by atoms with Crippen LogP contribution in [0.15, 0.2) is 29.2 Å². The molecule has 3 atom stereocenters. The van der Waals surface area contributed by atoms with Crippen molar-refractivity contribution in [3.63, 3.8) is 0 Å². The van der Waals surface area contributed by atoms with E-state index < -0.39 is 0 Å². The van der Waals surface area contributed by atoms with Crippen LogP contribution in [0.3, 0.4) is 0 Å². The molecule has 5 heteroatoms. The zero-order chi connectivity index (χ0) is 15.4. The fourth-order valence-corrected chi connectivity index (χ4v) is 3.64. The molecular formula is C16H23FN2OS. The van der Waals surface area contributed by atoms with Gasteiger partial charge in [-0.1, -0.05) is 6.92 Å². The minimum atomic E-state index is -0.234. The monoisotopic (exact) mass is 310 g/mol. The number of nitrogens with zero attached hydrogens (tertiary/aromatic N) is 1. The van der Waals surface area contributed by atoms with Crippen molar-refractivity contribution in [1.29, 1.82) is 0 Å². The van der Waals surface area contributed by atoms with E-state index in [1.165, 1.54) is 12.1 Å². The lowest BCUT2D eigenvalue weighted by atomic mass is 10.1. The van der Waals surface area contributed by atoms with Crippen molar-refractivity contribution in [2.45, 2.75) is 31.2 Å². The number of carbonyl (C=O) groups is 1. The van der Waals surface area contributed by atoms with E-state index in [2.05, 4.69) is 6.92 Å². The maximum absolute atomic E-state index is 12.9. The van der Waals surface area contributed by atoms with E-state index >= 15 is 0 Å². The molecule has 1 aliphatic heterocycles. The molecule has 1 aliphatic rings. The largest absolute Gasteiger partial charge is 0.339 e. The Bertz CT molecular complexity index is 480. The van der Waals surface area contributed by atoms with E-state index in [4.69, 9.17) is 5.73 Å². The minimum absolute atomic E-state index is 0.0426. The zero-order valence-electron chi connectivity index (χ0n) is 12.6. The first-order valence-electron chi connectivity index (χ1n) is 7.40. The highest BCUT2D eigenvalue weighted by atomic mass is 32.2. The predicted molar refractivity (Wildman–Crippen MR) is 84.6 cm³/mol. The molecule has 2 rings (SSSR count). The standard InChI is InChI=1S/C16H23FN2OS/c1-11(10-21-15-5-3-14(17)4-6-15)16(20)19-9-13(8-18)7-12(19)2/h3-6,11-13H,7-10,18H2,1-2H3. The van der Waals surface area contributed by atoms with Gasteiger partial charge < -0.3 is 10.6 Å². The number of carbonyl (C=O) groups excluding carboxylic acids is 1. The quantitative estimate of drug-likeness (QED) is 0.851. The van der Waals surface area contributed by atoms with Gasteiger partial charge in [0.15, 0.2) is 0 Å². The number of halogens is 1. The SMILES string of the molecule is CC(CSc1ccc(F)cc1)C(=O)N1CC(CN)CC1C. The summed E-state index contributed by atoms with van der Waals surface area (Å²) in [6.07, 6.45) is 1.00. The van der Waals surface area contributed by atoms with Gasteiger partial charge in [-0.15, -0.1) is 11.8 Å². The number of thioether (sulfide) groups is 1. The third kappa shape index (κ3) is 4.20. The van der Waals surface area contributed by atoms with E-state index in [9.17, 15) is 9.18 Å². The lowest BCUT2D eigenvalue weighted by Crippen LogP contribution is -2.38. The fourth-order valence-electron chi connectivity index (χ4n) is 2.73. The predicted octanol–water partition coefficient (Wildman–Crippen LogP) is 2.75. The Hall–Kier alpha value is -1.07. The molecule has 0 aromatic heterocycles. The van der Waals surface area contributed by atoms with Crippen molar-refractivity contribution < 1.29 is 9.18 Å². The molecule has 0 spiro atoms. The third-order valence-corrected chi connectivity index (χ3v) is 5.29. The number of benzene rings is 1. The van der Waals surface area contributed by atoms with Crippen LogP contribution in [0.4, 0.5) is 4.39 Å². The Morgan fingerprint density at radius 1 is 1.48 bits per heavy atom. The van der Waals surface area contributed by atoms with E-state index in [0.717, 1.165) is 17.9 Å². The lowest BCUT2D eigenvalue weighted by Gasteiger charge is -2.25. The van der Waals surface area contributed by atoms with Gasteiger partial charge in [0.05, 0.1) is 0 Å². The first-order chi connectivity index (χ1) is 10.0.